The average molecular weight is 305 g/mol. The van der Waals surface area contributed by atoms with Crippen molar-refractivity contribution in [3.63, 3.8) is 0 Å². The molecule has 0 radical (unpaired) electrons. The molecule has 1 unspecified atom stereocenters. The van der Waals surface area contributed by atoms with E-state index in [4.69, 9.17) is 0 Å². The van der Waals surface area contributed by atoms with Gasteiger partial charge in [-0.25, -0.2) is 0 Å². The second-order valence-corrected chi connectivity index (χ2v) is 5.93. The highest BCUT2D eigenvalue weighted by molar-refractivity contribution is 9.10. The number of halogens is 1. The third-order valence-electron chi connectivity index (χ3n) is 3.64. The summed E-state index contributed by atoms with van der Waals surface area (Å²) in [5.74, 6) is 0.769. The molecule has 94 valence electrons. The molecule has 1 atom stereocenters. The van der Waals surface area contributed by atoms with E-state index >= 15 is 0 Å². The molecule has 1 aromatic carbocycles. The van der Waals surface area contributed by atoms with Gasteiger partial charge in [-0.1, -0.05) is 12.1 Å². The van der Waals surface area contributed by atoms with Crippen LogP contribution in [0.3, 0.4) is 0 Å². The molecule has 2 nitrogen and oxygen atoms in total. The topological polar surface area (TPSA) is 24.9 Å². The Kier molecular flexibility index (Phi) is 3.62. The van der Waals surface area contributed by atoms with E-state index < -0.39 is 0 Å². The van der Waals surface area contributed by atoms with E-state index in [2.05, 4.69) is 44.4 Å². The van der Waals surface area contributed by atoms with Crippen molar-refractivity contribution >= 4 is 26.8 Å². The van der Waals surface area contributed by atoms with Crippen molar-refractivity contribution in [3.05, 3.63) is 40.5 Å². The summed E-state index contributed by atoms with van der Waals surface area (Å²) in [7, 11) is 0. The molecule has 0 spiro atoms. The smallest absolute Gasteiger partial charge is 0.0844 e. The molecule has 0 saturated carbocycles. The Hall–Kier alpha value is -0.930. The molecule has 2 aromatic rings. The monoisotopic (exact) mass is 304 g/mol. The average Bonchev–Trinajstić information content (AvgIpc) is 2.40. The lowest BCUT2D eigenvalue weighted by molar-refractivity contribution is 0.376. The zero-order valence-electron chi connectivity index (χ0n) is 10.3. The fourth-order valence-electron chi connectivity index (χ4n) is 2.71. The molecule has 1 aliphatic rings. The maximum Gasteiger partial charge on any atom is 0.0844 e. The molecule has 0 aliphatic carbocycles. The lowest BCUT2D eigenvalue weighted by atomic mass is 9.92. The molecule has 1 N–H and O–H groups in total. The van der Waals surface area contributed by atoms with Gasteiger partial charge in [0.25, 0.3) is 0 Å². The molecule has 2 heterocycles. The molecule has 3 rings (SSSR count). The number of nitrogens with one attached hydrogen (secondary N) is 1. The van der Waals surface area contributed by atoms with Gasteiger partial charge in [-0.05, 0) is 71.9 Å². The fraction of sp³-hybridized carbons (Fsp3) is 0.400. The Morgan fingerprint density at radius 1 is 1.39 bits per heavy atom. The molecule has 18 heavy (non-hydrogen) atoms. The summed E-state index contributed by atoms with van der Waals surface area (Å²) < 4.78 is 1.07. The standard InChI is InChI=1S/C15H17BrN2/c16-14-5-1-4-13-8-12(10-18-15(13)14)7-11-3-2-6-17-9-11/h1,4-5,8,10-11,17H,2-3,6-7,9H2. The number of pyridine rings is 1. The van der Waals surface area contributed by atoms with Gasteiger partial charge < -0.3 is 5.32 Å². The van der Waals surface area contributed by atoms with E-state index in [1.807, 2.05) is 12.3 Å². The zero-order chi connectivity index (χ0) is 12.4. The van der Waals surface area contributed by atoms with Crippen LogP contribution < -0.4 is 5.32 Å². The molecule has 0 bridgehead atoms. The molecule has 1 aliphatic heterocycles. The Bertz CT molecular complexity index is 547. The maximum atomic E-state index is 4.58. The van der Waals surface area contributed by atoms with Gasteiger partial charge in [-0.3, -0.25) is 4.98 Å². The van der Waals surface area contributed by atoms with Crippen LogP contribution in [0.4, 0.5) is 0 Å². The van der Waals surface area contributed by atoms with Crippen molar-refractivity contribution in [1.29, 1.82) is 0 Å². The van der Waals surface area contributed by atoms with Gasteiger partial charge >= 0.3 is 0 Å². The van der Waals surface area contributed by atoms with E-state index in [0.717, 1.165) is 28.9 Å². The van der Waals surface area contributed by atoms with Crippen molar-refractivity contribution in [1.82, 2.24) is 10.3 Å². The summed E-state index contributed by atoms with van der Waals surface area (Å²) in [4.78, 5) is 4.58. The number of piperidine rings is 1. The summed E-state index contributed by atoms with van der Waals surface area (Å²) in [5.41, 5.74) is 2.41. The van der Waals surface area contributed by atoms with Crippen LogP contribution in [0.25, 0.3) is 10.9 Å². The van der Waals surface area contributed by atoms with E-state index in [1.54, 1.807) is 0 Å². The lowest BCUT2D eigenvalue weighted by Crippen LogP contribution is -2.30. The highest BCUT2D eigenvalue weighted by Gasteiger charge is 2.13. The minimum atomic E-state index is 0.769. The summed E-state index contributed by atoms with van der Waals surface area (Å²) >= 11 is 3.55. The number of hydrogen-bond acceptors (Lipinski definition) is 2. The van der Waals surface area contributed by atoms with Crippen LogP contribution in [0.2, 0.25) is 0 Å². The molecule has 0 amide bonds. The van der Waals surface area contributed by atoms with Crippen molar-refractivity contribution in [3.8, 4) is 0 Å². The Morgan fingerprint density at radius 2 is 2.33 bits per heavy atom. The minimum Gasteiger partial charge on any atom is -0.316 e. The Labute approximate surface area is 116 Å². The molecule has 1 aromatic heterocycles. The van der Waals surface area contributed by atoms with Crippen LogP contribution in [0.5, 0.6) is 0 Å². The quantitative estimate of drug-likeness (QED) is 0.918. The van der Waals surface area contributed by atoms with Crippen LogP contribution in [0, 0.1) is 5.92 Å². The third kappa shape index (κ3) is 2.57. The van der Waals surface area contributed by atoms with Crippen molar-refractivity contribution in [2.75, 3.05) is 13.1 Å². The maximum absolute atomic E-state index is 4.58. The number of rotatable bonds is 2. The molecular weight excluding hydrogens is 288 g/mol. The summed E-state index contributed by atoms with van der Waals surface area (Å²) in [6.07, 6.45) is 5.81. The van der Waals surface area contributed by atoms with Crippen molar-refractivity contribution < 1.29 is 0 Å². The van der Waals surface area contributed by atoms with Gasteiger partial charge in [0.2, 0.25) is 0 Å². The number of para-hydroxylation sites is 1. The van der Waals surface area contributed by atoms with E-state index in [9.17, 15) is 0 Å². The SMILES string of the molecule is Brc1cccc2cc(CC3CCCNC3)cnc12. The fourth-order valence-corrected chi connectivity index (χ4v) is 3.20. The van der Waals surface area contributed by atoms with Crippen LogP contribution in [0.1, 0.15) is 18.4 Å². The zero-order valence-corrected chi connectivity index (χ0v) is 11.9. The second kappa shape index (κ2) is 5.37. The predicted octanol–water partition coefficient (Wildman–Crippen LogP) is 3.54. The van der Waals surface area contributed by atoms with Crippen LogP contribution in [-0.4, -0.2) is 18.1 Å². The van der Waals surface area contributed by atoms with Crippen LogP contribution in [0.15, 0.2) is 34.9 Å². The van der Waals surface area contributed by atoms with Gasteiger partial charge in [0.05, 0.1) is 5.52 Å². The first-order valence-corrected chi connectivity index (χ1v) is 7.36. The normalized spacial score (nSPS) is 20.2. The molecule has 1 fully saturated rings. The first kappa shape index (κ1) is 12.1. The van der Waals surface area contributed by atoms with Gasteiger partial charge in [-0.15, -0.1) is 0 Å². The Morgan fingerprint density at radius 3 is 3.17 bits per heavy atom. The van der Waals surface area contributed by atoms with E-state index in [0.29, 0.717) is 0 Å². The summed E-state index contributed by atoms with van der Waals surface area (Å²) in [6, 6.07) is 8.53. The summed E-state index contributed by atoms with van der Waals surface area (Å²) in [5, 5.41) is 4.70. The van der Waals surface area contributed by atoms with Gasteiger partial charge in [0.15, 0.2) is 0 Å². The van der Waals surface area contributed by atoms with E-state index in [-0.39, 0.29) is 0 Å². The van der Waals surface area contributed by atoms with Crippen molar-refractivity contribution in [2.24, 2.45) is 5.92 Å². The van der Waals surface area contributed by atoms with Gasteiger partial charge in [0, 0.05) is 16.1 Å². The van der Waals surface area contributed by atoms with Crippen molar-refractivity contribution in [2.45, 2.75) is 19.3 Å². The number of nitrogens with zero attached hydrogens (tertiary/aromatic N) is 1. The number of fused-ring (bicyclic) bond motifs is 1. The lowest BCUT2D eigenvalue weighted by Gasteiger charge is -2.22. The highest BCUT2D eigenvalue weighted by atomic mass is 79.9. The van der Waals surface area contributed by atoms with Crippen LogP contribution in [-0.2, 0) is 6.42 Å². The summed E-state index contributed by atoms with van der Waals surface area (Å²) in [6.45, 7) is 2.33. The first-order valence-electron chi connectivity index (χ1n) is 6.57. The van der Waals surface area contributed by atoms with E-state index in [1.165, 1.54) is 30.3 Å². The number of benzene rings is 1. The minimum absolute atomic E-state index is 0.769. The number of aromatic nitrogens is 1. The first-order chi connectivity index (χ1) is 8.83. The molecular formula is C15H17BrN2. The van der Waals surface area contributed by atoms with Gasteiger partial charge in [-0.2, -0.15) is 0 Å². The Balaban J connectivity index is 1.84. The molecule has 3 heteroatoms. The predicted molar refractivity (Wildman–Crippen MR) is 78.7 cm³/mol. The number of hydrogen-bond donors (Lipinski definition) is 1. The molecule has 1 saturated heterocycles. The highest BCUT2D eigenvalue weighted by Crippen LogP contribution is 2.24. The van der Waals surface area contributed by atoms with Gasteiger partial charge in [0.1, 0.15) is 0 Å². The third-order valence-corrected chi connectivity index (χ3v) is 4.28. The van der Waals surface area contributed by atoms with Crippen LogP contribution >= 0.6 is 15.9 Å². The second-order valence-electron chi connectivity index (χ2n) is 5.07. The largest absolute Gasteiger partial charge is 0.316 e.